The molecule has 0 spiro atoms. The van der Waals surface area contributed by atoms with Gasteiger partial charge in [0.15, 0.2) is 0 Å². The van der Waals surface area contributed by atoms with Gasteiger partial charge in [0.2, 0.25) is 10.0 Å². The second-order valence-corrected chi connectivity index (χ2v) is 6.26. The van der Waals surface area contributed by atoms with Crippen LogP contribution in [0.3, 0.4) is 0 Å². The molecule has 1 aliphatic carbocycles. The molecule has 0 unspecified atom stereocenters. The monoisotopic (exact) mass is 254 g/mol. The average molecular weight is 254 g/mol. The summed E-state index contributed by atoms with van der Waals surface area (Å²) < 4.78 is 25.9. The van der Waals surface area contributed by atoms with Gasteiger partial charge in [-0.1, -0.05) is 12.1 Å². The van der Waals surface area contributed by atoms with E-state index in [9.17, 15) is 8.42 Å². The fourth-order valence-corrected chi connectivity index (χ4v) is 2.81. The van der Waals surface area contributed by atoms with Crippen LogP contribution in [0.4, 0.5) is 0 Å². The lowest BCUT2D eigenvalue weighted by Crippen LogP contribution is -2.21. The molecule has 94 valence electrons. The highest BCUT2D eigenvalue weighted by atomic mass is 32.2. The van der Waals surface area contributed by atoms with Gasteiger partial charge in [-0.2, -0.15) is 0 Å². The lowest BCUT2D eigenvalue weighted by Gasteiger charge is -2.11. The van der Waals surface area contributed by atoms with Crippen molar-refractivity contribution in [3.8, 4) is 0 Å². The van der Waals surface area contributed by atoms with E-state index in [0.717, 1.165) is 17.7 Å². The Balaban J connectivity index is 2.25. The zero-order valence-electron chi connectivity index (χ0n) is 10.2. The Kier molecular flexibility index (Phi) is 3.51. The van der Waals surface area contributed by atoms with Gasteiger partial charge in [-0.15, -0.1) is 0 Å². The minimum Gasteiger partial charge on any atom is -0.310 e. The van der Waals surface area contributed by atoms with Crippen LogP contribution >= 0.6 is 0 Å². The first kappa shape index (κ1) is 12.5. The molecule has 0 heterocycles. The predicted molar refractivity (Wildman–Crippen MR) is 67.3 cm³/mol. The van der Waals surface area contributed by atoms with Crippen molar-refractivity contribution in [2.45, 2.75) is 37.2 Å². The van der Waals surface area contributed by atoms with Crippen LogP contribution in [-0.4, -0.2) is 21.5 Å². The molecule has 2 N–H and O–H groups in total. The maximum Gasteiger partial charge on any atom is 0.240 e. The maximum atomic E-state index is 11.8. The van der Waals surface area contributed by atoms with Gasteiger partial charge in [0.05, 0.1) is 4.90 Å². The summed E-state index contributed by atoms with van der Waals surface area (Å²) in [7, 11) is -1.92. The zero-order valence-corrected chi connectivity index (χ0v) is 11.0. The van der Waals surface area contributed by atoms with E-state index in [1.54, 1.807) is 12.1 Å². The van der Waals surface area contributed by atoms with Gasteiger partial charge < -0.3 is 5.32 Å². The molecule has 0 atom stereocenters. The van der Waals surface area contributed by atoms with E-state index in [1.807, 2.05) is 13.0 Å². The molecule has 5 heteroatoms. The fraction of sp³-hybridized carbons (Fsp3) is 0.500. The molecular weight excluding hydrogens is 236 g/mol. The van der Waals surface area contributed by atoms with Gasteiger partial charge in [0, 0.05) is 12.6 Å². The third-order valence-corrected chi connectivity index (χ3v) is 4.67. The van der Waals surface area contributed by atoms with Crippen molar-refractivity contribution >= 4 is 10.0 Å². The second kappa shape index (κ2) is 4.76. The Morgan fingerprint density at radius 1 is 1.35 bits per heavy atom. The van der Waals surface area contributed by atoms with Crippen LogP contribution in [-0.2, 0) is 16.6 Å². The highest BCUT2D eigenvalue weighted by molar-refractivity contribution is 7.89. The summed E-state index contributed by atoms with van der Waals surface area (Å²) >= 11 is 0. The summed E-state index contributed by atoms with van der Waals surface area (Å²) in [5, 5.41) is 3.40. The fourth-order valence-electron chi connectivity index (χ4n) is 1.79. The number of nitrogens with one attached hydrogen (secondary N) is 2. The third kappa shape index (κ3) is 2.86. The molecule has 2 rings (SSSR count). The molecular formula is C12H18N2O2S. The first-order valence-electron chi connectivity index (χ1n) is 5.80. The highest BCUT2D eigenvalue weighted by Gasteiger charge is 2.21. The standard InChI is InChI=1S/C12H18N2O2S/c1-9-10(8-14-11-6-7-11)4-3-5-12(9)17(15,16)13-2/h3-5,11,13-14H,6-8H2,1-2H3. The van der Waals surface area contributed by atoms with Gasteiger partial charge in [0.1, 0.15) is 0 Å². The van der Waals surface area contributed by atoms with E-state index in [1.165, 1.54) is 19.9 Å². The lowest BCUT2D eigenvalue weighted by atomic mass is 10.1. The minimum atomic E-state index is -3.35. The molecule has 1 fully saturated rings. The summed E-state index contributed by atoms with van der Waals surface area (Å²) in [5.41, 5.74) is 1.88. The van der Waals surface area contributed by atoms with Gasteiger partial charge in [-0.05, 0) is 44.0 Å². The van der Waals surface area contributed by atoms with Crippen molar-refractivity contribution in [1.82, 2.24) is 10.0 Å². The number of hydrogen-bond acceptors (Lipinski definition) is 3. The first-order chi connectivity index (χ1) is 8.04. The molecule has 1 aromatic carbocycles. The Morgan fingerprint density at radius 2 is 2.06 bits per heavy atom. The molecule has 0 radical (unpaired) electrons. The smallest absolute Gasteiger partial charge is 0.240 e. The Labute approximate surface area is 102 Å². The average Bonchev–Trinajstić information content (AvgIpc) is 3.11. The summed E-state index contributed by atoms with van der Waals surface area (Å²) in [5.74, 6) is 0. The third-order valence-electron chi connectivity index (χ3n) is 3.11. The number of rotatable bonds is 5. The predicted octanol–water partition coefficient (Wildman–Crippen LogP) is 1.16. The number of benzene rings is 1. The molecule has 1 aliphatic rings. The second-order valence-electron chi connectivity index (χ2n) is 4.40. The van der Waals surface area contributed by atoms with Crippen LogP contribution in [0.25, 0.3) is 0 Å². The van der Waals surface area contributed by atoms with E-state index < -0.39 is 10.0 Å². The van der Waals surface area contributed by atoms with Crippen molar-refractivity contribution in [3.05, 3.63) is 29.3 Å². The van der Waals surface area contributed by atoms with E-state index in [0.29, 0.717) is 10.9 Å². The summed E-state index contributed by atoms with van der Waals surface area (Å²) in [6.07, 6.45) is 2.46. The van der Waals surface area contributed by atoms with Crippen LogP contribution in [0.5, 0.6) is 0 Å². The van der Waals surface area contributed by atoms with Gasteiger partial charge in [-0.25, -0.2) is 13.1 Å². The van der Waals surface area contributed by atoms with E-state index in [4.69, 9.17) is 0 Å². The largest absolute Gasteiger partial charge is 0.310 e. The quantitative estimate of drug-likeness (QED) is 0.829. The topological polar surface area (TPSA) is 58.2 Å². The first-order valence-corrected chi connectivity index (χ1v) is 7.28. The van der Waals surface area contributed by atoms with Crippen molar-refractivity contribution < 1.29 is 8.42 Å². The van der Waals surface area contributed by atoms with Crippen LogP contribution < -0.4 is 10.0 Å². The molecule has 0 amide bonds. The molecule has 0 aliphatic heterocycles. The molecule has 1 saturated carbocycles. The van der Waals surface area contributed by atoms with Crippen LogP contribution in [0.1, 0.15) is 24.0 Å². The van der Waals surface area contributed by atoms with Crippen molar-refractivity contribution in [3.63, 3.8) is 0 Å². The molecule has 1 aromatic rings. The SMILES string of the molecule is CNS(=O)(=O)c1cccc(CNC2CC2)c1C. The summed E-state index contributed by atoms with van der Waals surface area (Å²) in [4.78, 5) is 0.370. The highest BCUT2D eigenvalue weighted by Crippen LogP contribution is 2.22. The Bertz CT molecular complexity index is 507. The van der Waals surface area contributed by atoms with Gasteiger partial charge in [0.25, 0.3) is 0 Å². The van der Waals surface area contributed by atoms with Crippen LogP contribution in [0.2, 0.25) is 0 Å². The molecule has 17 heavy (non-hydrogen) atoms. The minimum absolute atomic E-state index is 0.370. The lowest BCUT2D eigenvalue weighted by molar-refractivity contribution is 0.587. The van der Waals surface area contributed by atoms with E-state index in [2.05, 4.69) is 10.0 Å². The zero-order chi connectivity index (χ0) is 12.5. The van der Waals surface area contributed by atoms with E-state index >= 15 is 0 Å². The number of hydrogen-bond donors (Lipinski definition) is 2. The van der Waals surface area contributed by atoms with Crippen molar-refractivity contribution in [1.29, 1.82) is 0 Å². The van der Waals surface area contributed by atoms with Crippen LogP contribution in [0.15, 0.2) is 23.1 Å². The molecule has 0 bridgehead atoms. The van der Waals surface area contributed by atoms with Gasteiger partial charge >= 0.3 is 0 Å². The van der Waals surface area contributed by atoms with Crippen LogP contribution in [0, 0.1) is 6.92 Å². The maximum absolute atomic E-state index is 11.8. The van der Waals surface area contributed by atoms with E-state index in [-0.39, 0.29) is 0 Å². The summed E-state index contributed by atoms with van der Waals surface area (Å²) in [6, 6.07) is 6.03. The normalized spacial score (nSPS) is 16.1. The van der Waals surface area contributed by atoms with Gasteiger partial charge in [-0.3, -0.25) is 0 Å². The molecule has 4 nitrogen and oxygen atoms in total. The van der Waals surface area contributed by atoms with Crippen molar-refractivity contribution in [2.24, 2.45) is 0 Å². The Hall–Kier alpha value is -0.910. The Morgan fingerprint density at radius 3 is 2.65 bits per heavy atom. The number of sulfonamides is 1. The molecule has 0 aromatic heterocycles. The summed E-state index contributed by atoms with van der Waals surface area (Å²) in [6.45, 7) is 2.59. The molecule has 0 saturated heterocycles. The van der Waals surface area contributed by atoms with Crippen molar-refractivity contribution in [2.75, 3.05) is 7.05 Å².